The summed E-state index contributed by atoms with van der Waals surface area (Å²) in [4.78, 5) is 8.07. The summed E-state index contributed by atoms with van der Waals surface area (Å²) in [7, 11) is -1.49. The van der Waals surface area contributed by atoms with E-state index in [1.165, 1.54) is 51.2 Å². The molecule has 0 N–H and O–H groups in total. The van der Waals surface area contributed by atoms with Crippen molar-refractivity contribution in [1.82, 2.24) is 4.90 Å². The standard InChI is InChI=1S/C21H37N2Si.3CH3.Ti/c1-20(2,3)22-24(4,5)17-18-15-19(23-13-9-10-14-23)21(16-18)11-7-6-8-12-21;;;;/h6-8,11,18-19H,9-10,12-17H2,1-5H3;3*1H3;/q4*-1;+4. The van der Waals surface area contributed by atoms with Gasteiger partial charge in [0.25, 0.3) is 0 Å². The van der Waals surface area contributed by atoms with Gasteiger partial charge >= 0.3 is 21.7 Å². The van der Waals surface area contributed by atoms with Gasteiger partial charge in [-0.25, -0.2) is 0 Å². The third-order valence-corrected chi connectivity index (χ3v) is 8.92. The Morgan fingerprint density at radius 2 is 1.68 bits per heavy atom. The van der Waals surface area contributed by atoms with E-state index in [1.807, 2.05) is 0 Å². The van der Waals surface area contributed by atoms with Crippen molar-refractivity contribution in [2.45, 2.75) is 83.6 Å². The molecule has 1 saturated heterocycles. The average Bonchev–Trinajstić information content (AvgIpc) is 3.05. The molecule has 2 fully saturated rings. The first-order chi connectivity index (χ1) is 11.2. The quantitative estimate of drug-likeness (QED) is 0.338. The Morgan fingerprint density at radius 1 is 1.07 bits per heavy atom. The van der Waals surface area contributed by atoms with E-state index in [2.05, 4.69) is 63.1 Å². The van der Waals surface area contributed by atoms with Crippen molar-refractivity contribution in [2.75, 3.05) is 13.1 Å². The first kappa shape index (κ1) is 30.5. The Kier molecular flexibility index (Phi) is 12.7. The van der Waals surface area contributed by atoms with E-state index in [-0.39, 0.29) is 49.5 Å². The number of rotatable bonds is 4. The van der Waals surface area contributed by atoms with Gasteiger partial charge in [0.15, 0.2) is 0 Å². The van der Waals surface area contributed by atoms with Gasteiger partial charge in [-0.15, -0.1) is 5.54 Å². The normalized spacial score (nSPS) is 29.6. The smallest absolute Gasteiger partial charge is 0.660 e. The van der Waals surface area contributed by atoms with Crippen molar-refractivity contribution in [3.63, 3.8) is 0 Å². The number of allylic oxidation sites excluding steroid dienone is 3. The molecule has 1 heterocycles. The summed E-state index contributed by atoms with van der Waals surface area (Å²) in [5.41, 5.74) is 0.532. The third kappa shape index (κ3) is 7.54. The van der Waals surface area contributed by atoms with Crippen molar-refractivity contribution in [2.24, 2.45) is 11.3 Å². The van der Waals surface area contributed by atoms with Crippen LogP contribution < -0.4 is 0 Å². The molecule has 3 rings (SSSR count). The van der Waals surface area contributed by atoms with Crippen LogP contribution in [0.1, 0.15) is 52.9 Å². The Morgan fingerprint density at radius 3 is 2.18 bits per heavy atom. The van der Waals surface area contributed by atoms with Crippen LogP contribution in [0.2, 0.25) is 19.1 Å². The third-order valence-electron chi connectivity index (χ3n) is 6.07. The van der Waals surface area contributed by atoms with E-state index in [0.717, 1.165) is 12.0 Å². The minimum atomic E-state index is -1.49. The van der Waals surface area contributed by atoms with Gasteiger partial charge in [-0.05, 0) is 51.1 Å². The summed E-state index contributed by atoms with van der Waals surface area (Å²) in [5.74, 6) is 0.861. The summed E-state index contributed by atoms with van der Waals surface area (Å²) in [6, 6.07) is 2.14. The minimum Gasteiger partial charge on any atom is -0.660 e. The fourth-order valence-corrected chi connectivity index (χ4v) is 9.40. The molecule has 2 aliphatic carbocycles. The molecule has 1 saturated carbocycles. The second-order valence-electron chi connectivity index (χ2n) is 10.1. The van der Waals surface area contributed by atoms with E-state index in [1.54, 1.807) is 0 Å². The molecule has 3 atom stereocenters. The molecule has 0 amide bonds. The maximum Gasteiger partial charge on any atom is 4.00 e. The number of nitrogens with zero attached hydrogens (tertiary/aromatic N) is 2. The predicted molar refractivity (Wildman–Crippen MR) is 127 cm³/mol. The molecular formula is C24H46N2SiTi. The van der Waals surface area contributed by atoms with Gasteiger partial charge in [0.2, 0.25) is 0 Å². The second-order valence-corrected chi connectivity index (χ2v) is 14.3. The van der Waals surface area contributed by atoms with Gasteiger partial charge in [0.1, 0.15) is 0 Å². The summed E-state index contributed by atoms with van der Waals surface area (Å²) >= 11 is 0. The Balaban J connectivity index is 0. The molecule has 160 valence electrons. The molecule has 28 heavy (non-hydrogen) atoms. The van der Waals surface area contributed by atoms with E-state index in [9.17, 15) is 0 Å². The first-order valence-electron chi connectivity index (χ1n) is 10.0. The van der Waals surface area contributed by atoms with Crippen LogP contribution in [-0.4, -0.2) is 37.8 Å². The topological polar surface area (TPSA) is 17.3 Å². The van der Waals surface area contributed by atoms with E-state index in [4.69, 9.17) is 4.98 Å². The van der Waals surface area contributed by atoms with Gasteiger partial charge in [0.05, 0.1) is 0 Å². The van der Waals surface area contributed by atoms with Crippen molar-refractivity contribution >= 4 is 8.24 Å². The number of likely N-dealkylation sites (tertiary alicyclic amines) is 1. The molecule has 1 aliphatic heterocycles. The molecule has 0 aromatic heterocycles. The van der Waals surface area contributed by atoms with Crippen LogP contribution >= 0.6 is 0 Å². The average molecular weight is 439 g/mol. The largest absolute Gasteiger partial charge is 4.00 e. The van der Waals surface area contributed by atoms with Crippen LogP contribution in [0, 0.1) is 33.6 Å². The Bertz CT molecular complexity index is 503. The van der Waals surface area contributed by atoms with Crippen LogP contribution in [0.3, 0.4) is 0 Å². The van der Waals surface area contributed by atoms with Gasteiger partial charge < -0.3 is 27.3 Å². The van der Waals surface area contributed by atoms with Gasteiger partial charge in [-0.3, -0.25) is 4.90 Å². The van der Waals surface area contributed by atoms with Crippen molar-refractivity contribution in [3.05, 3.63) is 51.6 Å². The SMILES string of the molecule is CC(C)(C)[N-][Si](C)(C)CC1CC(N2CCCC2)C2(C=CC=CC2)C1.[CH3-].[CH3-].[CH3-].[Ti+4]. The van der Waals surface area contributed by atoms with Gasteiger partial charge in [0, 0.05) is 11.5 Å². The van der Waals surface area contributed by atoms with Crippen molar-refractivity contribution < 1.29 is 21.7 Å². The summed E-state index contributed by atoms with van der Waals surface area (Å²) in [6.07, 6.45) is 16.4. The molecule has 1 spiro atoms. The molecular weight excluding hydrogens is 392 g/mol. The monoisotopic (exact) mass is 438 g/mol. The molecule has 0 radical (unpaired) electrons. The van der Waals surface area contributed by atoms with Crippen LogP contribution in [-0.2, 0) is 21.7 Å². The molecule has 2 nitrogen and oxygen atoms in total. The van der Waals surface area contributed by atoms with Crippen LogP contribution in [0.5, 0.6) is 0 Å². The second kappa shape index (κ2) is 11.6. The van der Waals surface area contributed by atoms with E-state index < -0.39 is 8.24 Å². The maximum atomic E-state index is 5.25. The molecule has 3 aliphatic rings. The fourth-order valence-electron chi connectivity index (χ4n) is 5.77. The Labute approximate surface area is 194 Å². The van der Waals surface area contributed by atoms with Gasteiger partial charge in [-0.2, -0.15) is 0 Å². The van der Waals surface area contributed by atoms with Crippen molar-refractivity contribution in [1.29, 1.82) is 0 Å². The van der Waals surface area contributed by atoms with E-state index >= 15 is 0 Å². The zero-order chi connectivity index (χ0) is 17.4. The van der Waals surface area contributed by atoms with Crippen LogP contribution in [0.15, 0.2) is 24.3 Å². The fraction of sp³-hybridized carbons (Fsp3) is 0.708. The van der Waals surface area contributed by atoms with Gasteiger partial charge in [-0.1, -0.05) is 72.4 Å². The molecule has 4 heteroatoms. The first-order valence-corrected chi connectivity index (χ1v) is 13.2. The number of hydrogen-bond acceptors (Lipinski definition) is 1. The predicted octanol–water partition coefficient (Wildman–Crippen LogP) is 7.09. The summed E-state index contributed by atoms with van der Waals surface area (Å²) < 4.78 is 0. The van der Waals surface area contributed by atoms with Crippen LogP contribution in [0.25, 0.3) is 4.98 Å². The zero-order valence-electron chi connectivity index (χ0n) is 20.0. The molecule has 0 bridgehead atoms. The molecule has 3 unspecified atom stereocenters. The van der Waals surface area contributed by atoms with Crippen molar-refractivity contribution in [3.8, 4) is 0 Å². The number of hydrogen-bond donors (Lipinski definition) is 0. The zero-order valence-corrected chi connectivity index (χ0v) is 22.6. The summed E-state index contributed by atoms with van der Waals surface area (Å²) in [5, 5.41) is 0. The maximum absolute atomic E-state index is 5.25. The molecule has 0 aromatic rings. The van der Waals surface area contributed by atoms with E-state index in [0.29, 0.717) is 5.41 Å². The minimum absolute atomic E-state index is 0. The van der Waals surface area contributed by atoms with Crippen LogP contribution in [0.4, 0.5) is 0 Å². The molecule has 0 aromatic carbocycles. The Hall–Kier alpha value is 0.331. The summed E-state index contributed by atoms with van der Waals surface area (Å²) in [6.45, 7) is 14.4.